The minimum atomic E-state index is -0.150. The van der Waals surface area contributed by atoms with E-state index in [-0.39, 0.29) is 12.6 Å². The number of benzene rings is 1. The fourth-order valence-corrected chi connectivity index (χ4v) is 1.24. The molecule has 4 heteroatoms. The average Bonchev–Trinajstić information content (AvgIpc) is 2.13. The zero-order valence-corrected chi connectivity index (χ0v) is 7.62. The van der Waals surface area contributed by atoms with Crippen LogP contribution in [0.25, 0.3) is 0 Å². The summed E-state index contributed by atoms with van der Waals surface area (Å²) in [7, 11) is 1.77. The maximum absolute atomic E-state index is 9.04. The first-order valence-corrected chi connectivity index (χ1v) is 4.12. The van der Waals surface area contributed by atoms with Gasteiger partial charge in [0, 0.05) is 11.4 Å². The Morgan fingerprint density at radius 2 is 2.15 bits per heavy atom. The van der Waals surface area contributed by atoms with Crippen LogP contribution in [0, 0.1) is 0 Å². The fraction of sp³-hybridized carbons (Fsp3) is 0.333. The van der Waals surface area contributed by atoms with Gasteiger partial charge in [0.2, 0.25) is 0 Å². The van der Waals surface area contributed by atoms with Crippen molar-refractivity contribution in [2.75, 3.05) is 25.1 Å². The third-order valence-corrected chi connectivity index (χ3v) is 2.02. The number of hydrogen-bond acceptors (Lipinski definition) is 4. The molecule has 4 nitrogen and oxygen atoms in total. The van der Waals surface area contributed by atoms with Crippen LogP contribution in [0.5, 0.6) is 0 Å². The quantitative estimate of drug-likeness (QED) is 0.498. The van der Waals surface area contributed by atoms with Gasteiger partial charge in [0.15, 0.2) is 0 Å². The van der Waals surface area contributed by atoms with Crippen LogP contribution < -0.4 is 16.8 Å². The zero-order chi connectivity index (χ0) is 9.84. The molecule has 1 rings (SSSR count). The second-order valence-corrected chi connectivity index (χ2v) is 2.91. The maximum atomic E-state index is 9.04. The Balaban J connectivity index is 3.03. The molecule has 1 aromatic rings. The molecule has 13 heavy (non-hydrogen) atoms. The van der Waals surface area contributed by atoms with Crippen LogP contribution in [-0.2, 0) is 0 Å². The third-order valence-electron chi connectivity index (χ3n) is 2.02. The maximum Gasteiger partial charge on any atom is 0.0627 e. The summed E-state index contributed by atoms with van der Waals surface area (Å²) in [4.78, 5) is 0. The minimum Gasteiger partial charge on any atom is -0.399 e. The van der Waals surface area contributed by atoms with Crippen LogP contribution in [0.2, 0.25) is 0 Å². The van der Waals surface area contributed by atoms with Crippen molar-refractivity contribution in [1.82, 2.24) is 5.32 Å². The summed E-state index contributed by atoms with van der Waals surface area (Å²) in [6.07, 6.45) is 0. The molecular weight excluding hydrogens is 166 g/mol. The summed E-state index contributed by atoms with van der Waals surface area (Å²) in [6, 6.07) is 5.10. The molecule has 0 aromatic heterocycles. The summed E-state index contributed by atoms with van der Waals surface area (Å²) in [5.74, 6) is 0. The fourth-order valence-electron chi connectivity index (χ4n) is 1.24. The van der Waals surface area contributed by atoms with E-state index < -0.39 is 0 Å². The summed E-state index contributed by atoms with van der Waals surface area (Å²) in [5, 5.41) is 12.0. The number of nitrogen functional groups attached to an aromatic ring is 2. The molecule has 0 unspecified atom stereocenters. The van der Waals surface area contributed by atoms with E-state index in [2.05, 4.69) is 5.32 Å². The van der Waals surface area contributed by atoms with Gasteiger partial charge >= 0.3 is 0 Å². The molecule has 0 amide bonds. The van der Waals surface area contributed by atoms with E-state index in [1.165, 1.54) is 0 Å². The van der Waals surface area contributed by atoms with E-state index >= 15 is 0 Å². The number of hydrogen-bond donors (Lipinski definition) is 4. The highest BCUT2D eigenvalue weighted by molar-refractivity contribution is 5.56. The van der Waals surface area contributed by atoms with Gasteiger partial charge in [-0.3, -0.25) is 0 Å². The summed E-state index contributed by atoms with van der Waals surface area (Å²) >= 11 is 0. The Morgan fingerprint density at radius 3 is 2.69 bits per heavy atom. The molecule has 0 radical (unpaired) electrons. The molecule has 0 aliphatic heterocycles. The van der Waals surface area contributed by atoms with Crippen molar-refractivity contribution in [2.45, 2.75) is 6.04 Å². The molecule has 6 N–H and O–H groups in total. The van der Waals surface area contributed by atoms with Gasteiger partial charge in [-0.15, -0.1) is 0 Å². The molecule has 0 heterocycles. The number of likely N-dealkylation sites (N-methyl/N-ethyl adjacent to an activating group) is 1. The Hall–Kier alpha value is -1.26. The molecule has 0 spiro atoms. The van der Waals surface area contributed by atoms with Crippen molar-refractivity contribution >= 4 is 11.4 Å². The number of anilines is 2. The van der Waals surface area contributed by atoms with Crippen molar-refractivity contribution in [3.8, 4) is 0 Å². The third kappa shape index (κ3) is 2.11. The van der Waals surface area contributed by atoms with Gasteiger partial charge in [0.05, 0.1) is 12.6 Å². The summed E-state index contributed by atoms with van der Waals surface area (Å²) in [5.41, 5.74) is 13.5. The van der Waals surface area contributed by atoms with Gasteiger partial charge in [-0.25, -0.2) is 0 Å². The van der Waals surface area contributed by atoms with Crippen molar-refractivity contribution in [1.29, 1.82) is 0 Å². The molecule has 1 aromatic carbocycles. The molecule has 72 valence electrons. The molecule has 0 aliphatic rings. The van der Waals surface area contributed by atoms with E-state index in [0.717, 1.165) is 5.56 Å². The number of nitrogens with two attached hydrogens (primary N) is 2. The Kier molecular flexibility index (Phi) is 3.11. The first kappa shape index (κ1) is 9.83. The van der Waals surface area contributed by atoms with Crippen LogP contribution in [0.1, 0.15) is 11.6 Å². The lowest BCUT2D eigenvalue weighted by atomic mass is 10.0. The van der Waals surface area contributed by atoms with Gasteiger partial charge in [-0.2, -0.15) is 0 Å². The van der Waals surface area contributed by atoms with E-state index in [1.54, 1.807) is 25.2 Å². The Bertz CT molecular complexity index is 284. The van der Waals surface area contributed by atoms with E-state index in [9.17, 15) is 0 Å². The largest absolute Gasteiger partial charge is 0.399 e. The number of rotatable bonds is 3. The zero-order valence-electron chi connectivity index (χ0n) is 7.62. The second-order valence-electron chi connectivity index (χ2n) is 2.91. The minimum absolute atomic E-state index is 0.00412. The predicted octanol–water partition coefficient (Wildman–Crippen LogP) is 0.104. The lowest BCUT2D eigenvalue weighted by Gasteiger charge is -2.16. The first-order valence-electron chi connectivity index (χ1n) is 4.12. The number of nitrogens with one attached hydrogen (secondary N) is 1. The molecule has 1 atom stereocenters. The van der Waals surface area contributed by atoms with E-state index in [0.29, 0.717) is 11.4 Å². The average molecular weight is 181 g/mol. The van der Waals surface area contributed by atoms with Crippen LogP contribution in [0.15, 0.2) is 18.2 Å². The topological polar surface area (TPSA) is 84.3 Å². The van der Waals surface area contributed by atoms with Crippen molar-refractivity contribution in [3.05, 3.63) is 23.8 Å². The molecule has 0 saturated carbocycles. The highest BCUT2D eigenvalue weighted by Crippen LogP contribution is 2.22. The highest BCUT2D eigenvalue weighted by atomic mass is 16.3. The monoisotopic (exact) mass is 181 g/mol. The Morgan fingerprint density at radius 1 is 1.46 bits per heavy atom. The number of aliphatic hydroxyl groups excluding tert-OH is 1. The molecular formula is C9H15N3O. The van der Waals surface area contributed by atoms with E-state index in [4.69, 9.17) is 16.6 Å². The molecule has 0 fully saturated rings. The van der Waals surface area contributed by atoms with Crippen molar-refractivity contribution < 1.29 is 5.11 Å². The van der Waals surface area contributed by atoms with Crippen molar-refractivity contribution in [3.63, 3.8) is 0 Å². The van der Waals surface area contributed by atoms with Gasteiger partial charge in [-0.05, 0) is 30.8 Å². The van der Waals surface area contributed by atoms with Gasteiger partial charge in [-0.1, -0.05) is 0 Å². The van der Waals surface area contributed by atoms with Gasteiger partial charge < -0.3 is 21.9 Å². The SMILES string of the molecule is CN[C@@H](CO)c1cc(N)ccc1N. The van der Waals surface area contributed by atoms with Crippen LogP contribution in [0.4, 0.5) is 11.4 Å². The van der Waals surface area contributed by atoms with Gasteiger partial charge in [0.1, 0.15) is 0 Å². The second kappa shape index (κ2) is 4.11. The molecule has 0 aliphatic carbocycles. The number of aliphatic hydroxyl groups is 1. The lowest BCUT2D eigenvalue weighted by molar-refractivity contribution is 0.251. The lowest BCUT2D eigenvalue weighted by Crippen LogP contribution is -2.21. The van der Waals surface area contributed by atoms with Gasteiger partial charge in [0.25, 0.3) is 0 Å². The predicted molar refractivity (Wildman–Crippen MR) is 54.2 cm³/mol. The summed E-state index contributed by atoms with van der Waals surface area (Å²) in [6.45, 7) is 0.00412. The van der Waals surface area contributed by atoms with E-state index in [1.807, 2.05) is 0 Å². The van der Waals surface area contributed by atoms with Crippen molar-refractivity contribution in [2.24, 2.45) is 0 Å². The first-order chi connectivity index (χ1) is 6.19. The smallest absolute Gasteiger partial charge is 0.0627 e. The van der Waals surface area contributed by atoms with Crippen LogP contribution in [-0.4, -0.2) is 18.8 Å². The molecule has 0 saturated heterocycles. The standard InChI is InChI=1S/C9H15N3O/c1-12-9(5-13)7-4-6(10)2-3-8(7)11/h2-4,9,12-13H,5,10-11H2,1H3/t9-/m0/s1. The molecule has 0 bridgehead atoms. The normalized spacial score (nSPS) is 12.8. The Labute approximate surface area is 77.6 Å². The summed E-state index contributed by atoms with van der Waals surface area (Å²) < 4.78 is 0. The van der Waals surface area contributed by atoms with Crippen LogP contribution in [0.3, 0.4) is 0 Å². The van der Waals surface area contributed by atoms with Crippen LogP contribution >= 0.6 is 0 Å². The highest BCUT2D eigenvalue weighted by Gasteiger charge is 2.10.